The van der Waals surface area contributed by atoms with E-state index >= 15 is 0 Å². The summed E-state index contributed by atoms with van der Waals surface area (Å²) in [6, 6.07) is 15.4. The highest BCUT2D eigenvalue weighted by molar-refractivity contribution is 5.85. The Labute approximate surface area is 152 Å². The van der Waals surface area contributed by atoms with Crippen molar-refractivity contribution in [2.24, 2.45) is 5.73 Å². The van der Waals surface area contributed by atoms with Gasteiger partial charge in [-0.3, -0.25) is 14.8 Å². The number of rotatable bonds is 4. The number of para-hydroxylation sites is 1. The number of likely N-dealkylation sites (N-methyl/N-ethyl adjacent to an activating group) is 1. The molecule has 4 rings (SSSR count). The zero-order chi connectivity index (χ0) is 18.1. The average molecular weight is 349 g/mol. The van der Waals surface area contributed by atoms with Crippen LogP contribution >= 0.6 is 0 Å². The Balaban J connectivity index is 1.48. The molecule has 0 aliphatic carbocycles. The summed E-state index contributed by atoms with van der Waals surface area (Å²) in [4.78, 5) is 14.9. The molecule has 2 heterocycles. The van der Waals surface area contributed by atoms with Crippen LogP contribution in [0, 0.1) is 0 Å². The molecular weight excluding hydrogens is 326 g/mol. The summed E-state index contributed by atoms with van der Waals surface area (Å²) in [7, 11) is 2.06. The van der Waals surface area contributed by atoms with E-state index in [1.165, 1.54) is 11.1 Å². The molecule has 0 bridgehead atoms. The van der Waals surface area contributed by atoms with Crippen LogP contribution < -0.4 is 11.1 Å². The molecule has 6 nitrogen and oxygen atoms in total. The molecule has 1 aromatic heterocycles. The number of fused-ring (bicyclic) bond motifs is 2. The van der Waals surface area contributed by atoms with Crippen molar-refractivity contribution in [1.29, 1.82) is 0 Å². The first kappa shape index (κ1) is 16.8. The summed E-state index contributed by atoms with van der Waals surface area (Å²) in [5, 5.41) is 11.4. The van der Waals surface area contributed by atoms with Crippen molar-refractivity contribution in [2.45, 2.75) is 25.0 Å². The minimum atomic E-state index is -0.627. The van der Waals surface area contributed by atoms with Crippen LogP contribution in [0.3, 0.4) is 0 Å². The van der Waals surface area contributed by atoms with Gasteiger partial charge in [0.05, 0.1) is 17.6 Å². The smallest absolute Gasteiger partial charge is 0.237 e. The van der Waals surface area contributed by atoms with Gasteiger partial charge in [0.2, 0.25) is 5.91 Å². The molecule has 4 N–H and O–H groups in total. The number of hydrogen-bond donors (Lipinski definition) is 3. The lowest BCUT2D eigenvalue weighted by molar-refractivity contribution is -0.123. The second-order valence-corrected chi connectivity index (χ2v) is 6.99. The number of aromatic amines is 1. The Morgan fingerprint density at radius 1 is 1.31 bits per heavy atom. The highest BCUT2D eigenvalue weighted by Gasteiger charge is 2.26. The lowest BCUT2D eigenvalue weighted by atomic mass is 9.95. The molecule has 1 amide bonds. The van der Waals surface area contributed by atoms with E-state index < -0.39 is 6.04 Å². The van der Waals surface area contributed by atoms with Crippen molar-refractivity contribution in [3.8, 4) is 0 Å². The van der Waals surface area contributed by atoms with Crippen LogP contribution in [0.25, 0.3) is 10.9 Å². The standard InChI is InChI=1S/C20H23N5O/c1-25-11-13-6-2-3-7-14(13)19(12-25)22-20(26)16(21)10-18-15-8-4-5-9-17(15)23-24-18/h2-9,16,19H,10-12,21H2,1H3,(H,22,26)(H,23,24). The summed E-state index contributed by atoms with van der Waals surface area (Å²) in [6.45, 7) is 1.68. The van der Waals surface area contributed by atoms with Crippen LogP contribution in [-0.4, -0.2) is 40.6 Å². The molecule has 2 atom stereocenters. The topological polar surface area (TPSA) is 87.0 Å². The molecule has 0 radical (unpaired) electrons. The third-order valence-electron chi connectivity index (χ3n) is 4.98. The molecule has 2 aromatic carbocycles. The van der Waals surface area contributed by atoms with Crippen LogP contribution in [0.2, 0.25) is 0 Å². The Bertz CT molecular complexity index is 935. The van der Waals surface area contributed by atoms with Gasteiger partial charge in [0.25, 0.3) is 0 Å². The fraction of sp³-hybridized carbons (Fsp3) is 0.300. The third kappa shape index (κ3) is 3.21. The molecule has 2 unspecified atom stereocenters. The monoisotopic (exact) mass is 349 g/mol. The van der Waals surface area contributed by atoms with E-state index in [4.69, 9.17) is 5.73 Å². The first-order valence-corrected chi connectivity index (χ1v) is 8.86. The molecule has 6 heteroatoms. The van der Waals surface area contributed by atoms with E-state index in [1.54, 1.807) is 0 Å². The molecule has 26 heavy (non-hydrogen) atoms. The van der Waals surface area contributed by atoms with Crippen LogP contribution in [0.1, 0.15) is 22.9 Å². The van der Waals surface area contributed by atoms with Crippen molar-refractivity contribution in [3.63, 3.8) is 0 Å². The Kier molecular flexibility index (Phi) is 4.44. The van der Waals surface area contributed by atoms with Gasteiger partial charge in [0, 0.05) is 30.6 Å². The number of nitrogens with two attached hydrogens (primary N) is 1. The van der Waals surface area contributed by atoms with Gasteiger partial charge in [0.15, 0.2) is 0 Å². The highest BCUT2D eigenvalue weighted by atomic mass is 16.2. The van der Waals surface area contributed by atoms with Gasteiger partial charge in [-0.1, -0.05) is 42.5 Å². The molecule has 1 aliphatic heterocycles. The van der Waals surface area contributed by atoms with Crippen molar-refractivity contribution in [1.82, 2.24) is 20.4 Å². The number of hydrogen-bond acceptors (Lipinski definition) is 4. The van der Waals surface area contributed by atoms with Gasteiger partial charge in [-0.05, 0) is 24.2 Å². The minimum absolute atomic E-state index is 0.0398. The van der Waals surface area contributed by atoms with E-state index in [2.05, 4.69) is 39.6 Å². The Morgan fingerprint density at radius 3 is 2.96 bits per heavy atom. The number of benzene rings is 2. The number of amides is 1. The number of carbonyl (C=O) groups excluding carboxylic acids is 1. The normalized spacial score (nSPS) is 18.5. The molecule has 0 spiro atoms. The summed E-state index contributed by atoms with van der Waals surface area (Å²) in [5.41, 5.74) is 10.4. The summed E-state index contributed by atoms with van der Waals surface area (Å²) in [6.07, 6.45) is 0.427. The summed E-state index contributed by atoms with van der Waals surface area (Å²) >= 11 is 0. The molecular formula is C20H23N5O. The van der Waals surface area contributed by atoms with Crippen LogP contribution in [0.4, 0.5) is 0 Å². The van der Waals surface area contributed by atoms with E-state index in [1.807, 2.05) is 36.4 Å². The van der Waals surface area contributed by atoms with Crippen molar-refractivity contribution >= 4 is 16.8 Å². The van der Waals surface area contributed by atoms with E-state index in [0.717, 1.165) is 29.7 Å². The maximum Gasteiger partial charge on any atom is 0.237 e. The second-order valence-electron chi connectivity index (χ2n) is 6.99. The largest absolute Gasteiger partial charge is 0.347 e. The second kappa shape index (κ2) is 6.90. The lowest BCUT2D eigenvalue weighted by Crippen LogP contribution is -2.47. The summed E-state index contributed by atoms with van der Waals surface area (Å²) < 4.78 is 0. The first-order valence-electron chi connectivity index (χ1n) is 8.86. The molecule has 1 aliphatic rings. The molecule has 0 saturated heterocycles. The van der Waals surface area contributed by atoms with Gasteiger partial charge in [-0.25, -0.2) is 0 Å². The quantitative estimate of drug-likeness (QED) is 0.669. The fourth-order valence-corrected chi connectivity index (χ4v) is 3.67. The number of aromatic nitrogens is 2. The summed E-state index contributed by atoms with van der Waals surface area (Å²) in [5.74, 6) is -0.140. The highest BCUT2D eigenvalue weighted by Crippen LogP contribution is 2.25. The number of nitrogens with one attached hydrogen (secondary N) is 2. The van der Waals surface area contributed by atoms with Crippen LogP contribution in [-0.2, 0) is 17.8 Å². The maximum absolute atomic E-state index is 12.7. The predicted molar refractivity (Wildman–Crippen MR) is 101 cm³/mol. The van der Waals surface area contributed by atoms with E-state index in [-0.39, 0.29) is 11.9 Å². The lowest BCUT2D eigenvalue weighted by Gasteiger charge is -2.33. The molecule has 0 fully saturated rings. The maximum atomic E-state index is 12.7. The van der Waals surface area contributed by atoms with Gasteiger partial charge in [0.1, 0.15) is 0 Å². The minimum Gasteiger partial charge on any atom is -0.347 e. The average Bonchev–Trinajstić information content (AvgIpc) is 3.04. The van der Waals surface area contributed by atoms with E-state index in [0.29, 0.717) is 6.42 Å². The molecule has 134 valence electrons. The fourth-order valence-electron chi connectivity index (χ4n) is 3.67. The van der Waals surface area contributed by atoms with Gasteiger partial charge >= 0.3 is 0 Å². The van der Waals surface area contributed by atoms with Crippen LogP contribution in [0.5, 0.6) is 0 Å². The number of H-pyrrole nitrogens is 1. The van der Waals surface area contributed by atoms with Gasteiger partial charge < -0.3 is 11.1 Å². The zero-order valence-electron chi connectivity index (χ0n) is 14.8. The van der Waals surface area contributed by atoms with Crippen molar-refractivity contribution in [2.75, 3.05) is 13.6 Å². The van der Waals surface area contributed by atoms with Crippen LogP contribution in [0.15, 0.2) is 48.5 Å². The van der Waals surface area contributed by atoms with Gasteiger partial charge in [-0.2, -0.15) is 5.10 Å². The van der Waals surface area contributed by atoms with Crippen molar-refractivity contribution in [3.05, 3.63) is 65.4 Å². The molecule has 0 saturated carbocycles. The SMILES string of the molecule is CN1Cc2ccccc2C(NC(=O)C(N)Cc2[nH]nc3ccccc23)C1. The number of nitrogens with zero attached hydrogens (tertiary/aromatic N) is 2. The molecule has 3 aromatic rings. The Hall–Kier alpha value is -2.70. The van der Waals surface area contributed by atoms with Crippen molar-refractivity contribution < 1.29 is 4.79 Å². The van der Waals surface area contributed by atoms with Gasteiger partial charge in [-0.15, -0.1) is 0 Å². The zero-order valence-corrected chi connectivity index (χ0v) is 14.8. The predicted octanol–water partition coefficient (Wildman–Crippen LogP) is 1.74. The Morgan fingerprint density at radius 2 is 2.08 bits per heavy atom. The first-order chi connectivity index (χ1) is 12.6. The third-order valence-corrected chi connectivity index (χ3v) is 4.98. The number of carbonyl (C=O) groups is 1. The van der Waals surface area contributed by atoms with E-state index in [9.17, 15) is 4.79 Å².